The van der Waals surface area contributed by atoms with E-state index in [1.165, 1.54) is 180 Å². The maximum absolute atomic E-state index is 2.31. The van der Waals surface area contributed by atoms with E-state index in [0.29, 0.717) is 0 Å². The highest BCUT2D eigenvalue weighted by atomic mass is 14.4. The molecular formula is C35H70. The fourth-order valence-electron chi connectivity index (χ4n) is 6.22. The molecule has 1 rings (SSSR count). The van der Waals surface area contributed by atoms with E-state index in [1.807, 2.05) is 0 Å². The van der Waals surface area contributed by atoms with E-state index in [1.54, 1.807) is 19.3 Å². The minimum absolute atomic E-state index is 1.13. The van der Waals surface area contributed by atoms with Crippen molar-refractivity contribution in [3.63, 3.8) is 0 Å². The van der Waals surface area contributed by atoms with Gasteiger partial charge in [-0.25, -0.2) is 0 Å². The first-order chi connectivity index (χ1) is 17.4. The van der Waals surface area contributed by atoms with Crippen LogP contribution in [0, 0.1) is 11.8 Å². The average Bonchev–Trinajstić information content (AvgIpc) is 3.62. The third-order valence-corrected chi connectivity index (χ3v) is 8.93. The highest BCUT2D eigenvalue weighted by molar-refractivity contribution is 4.85. The minimum Gasteiger partial charge on any atom is -0.0654 e. The van der Waals surface area contributed by atoms with Crippen molar-refractivity contribution >= 4 is 0 Å². The zero-order valence-electron chi connectivity index (χ0n) is 25.1. The molecule has 0 nitrogen and oxygen atoms in total. The van der Waals surface area contributed by atoms with Gasteiger partial charge < -0.3 is 0 Å². The van der Waals surface area contributed by atoms with Gasteiger partial charge in [0, 0.05) is 0 Å². The lowest BCUT2D eigenvalue weighted by molar-refractivity contribution is 0.502. The summed E-state index contributed by atoms with van der Waals surface area (Å²) in [5, 5.41) is 0. The van der Waals surface area contributed by atoms with E-state index in [-0.39, 0.29) is 0 Å². The van der Waals surface area contributed by atoms with Crippen molar-refractivity contribution in [3.8, 4) is 0 Å². The van der Waals surface area contributed by atoms with Crippen molar-refractivity contribution in [2.45, 2.75) is 213 Å². The number of hydrogen-bond acceptors (Lipinski definition) is 0. The van der Waals surface area contributed by atoms with Gasteiger partial charge in [0.05, 0.1) is 0 Å². The molecule has 210 valence electrons. The molecule has 1 aliphatic carbocycles. The van der Waals surface area contributed by atoms with Crippen LogP contribution >= 0.6 is 0 Å². The SMILES string of the molecule is CCCCCCCCCCCCCCCCCCCC1CC1CCCCCCCCCCCCC. The molecule has 0 aromatic carbocycles. The largest absolute Gasteiger partial charge is 0.0654 e. The molecule has 1 saturated carbocycles. The first kappa shape index (κ1) is 33.0. The molecule has 0 heteroatoms. The Labute approximate surface area is 224 Å². The van der Waals surface area contributed by atoms with Crippen LogP contribution in [0.2, 0.25) is 0 Å². The van der Waals surface area contributed by atoms with Crippen LogP contribution in [-0.4, -0.2) is 0 Å². The van der Waals surface area contributed by atoms with Gasteiger partial charge >= 0.3 is 0 Å². The molecule has 0 N–H and O–H groups in total. The summed E-state index contributed by atoms with van der Waals surface area (Å²) >= 11 is 0. The normalized spacial score (nSPS) is 17.3. The van der Waals surface area contributed by atoms with Crippen LogP contribution in [0.3, 0.4) is 0 Å². The first-order valence-corrected chi connectivity index (χ1v) is 17.4. The maximum atomic E-state index is 2.31. The summed E-state index contributed by atoms with van der Waals surface area (Å²) in [6.07, 6.45) is 46.3. The Morgan fingerprint density at radius 1 is 0.286 bits per heavy atom. The van der Waals surface area contributed by atoms with Crippen molar-refractivity contribution in [2.24, 2.45) is 11.8 Å². The topological polar surface area (TPSA) is 0 Å². The van der Waals surface area contributed by atoms with Gasteiger partial charge in [0.25, 0.3) is 0 Å². The van der Waals surface area contributed by atoms with Gasteiger partial charge in [-0.2, -0.15) is 0 Å². The van der Waals surface area contributed by atoms with Gasteiger partial charge in [0.1, 0.15) is 0 Å². The van der Waals surface area contributed by atoms with E-state index in [4.69, 9.17) is 0 Å². The summed E-state index contributed by atoms with van der Waals surface area (Å²) in [4.78, 5) is 0. The number of unbranched alkanes of at least 4 members (excludes halogenated alkanes) is 26. The fraction of sp³-hybridized carbons (Fsp3) is 1.00. The van der Waals surface area contributed by atoms with Crippen molar-refractivity contribution < 1.29 is 0 Å². The molecule has 35 heavy (non-hydrogen) atoms. The zero-order chi connectivity index (χ0) is 25.1. The van der Waals surface area contributed by atoms with Crippen molar-refractivity contribution in [2.75, 3.05) is 0 Å². The van der Waals surface area contributed by atoms with Crippen molar-refractivity contribution in [3.05, 3.63) is 0 Å². The second-order valence-corrected chi connectivity index (χ2v) is 12.5. The van der Waals surface area contributed by atoms with E-state index in [0.717, 1.165) is 11.8 Å². The third-order valence-electron chi connectivity index (χ3n) is 8.93. The highest BCUT2D eigenvalue weighted by Gasteiger charge is 2.34. The molecule has 0 saturated heterocycles. The summed E-state index contributed by atoms with van der Waals surface area (Å²) in [6, 6.07) is 0. The first-order valence-electron chi connectivity index (χ1n) is 17.4. The molecule has 0 bridgehead atoms. The lowest BCUT2D eigenvalue weighted by Crippen LogP contribution is -1.87. The van der Waals surface area contributed by atoms with Gasteiger partial charge in [-0.1, -0.05) is 206 Å². The third kappa shape index (κ3) is 24.1. The van der Waals surface area contributed by atoms with E-state index >= 15 is 0 Å². The van der Waals surface area contributed by atoms with Gasteiger partial charge in [-0.15, -0.1) is 0 Å². The monoisotopic (exact) mass is 491 g/mol. The van der Waals surface area contributed by atoms with Gasteiger partial charge in [-0.05, 0) is 18.3 Å². The highest BCUT2D eigenvalue weighted by Crippen LogP contribution is 2.45. The van der Waals surface area contributed by atoms with Gasteiger partial charge in [0.2, 0.25) is 0 Å². The predicted molar refractivity (Wildman–Crippen MR) is 161 cm³/mol. The van der Waals surface area contributed by atoms with Crippen molar-refractivity contribution in [1.29, 1.82) is 0 Å². The van der Waals surface area contributed by atoms with Crippen molar-refractivity contribution in [1.82, 2.24) is 0 Å². The lowest BCUT2D eigenvalue weighted by atomic mass is 10.0. The Morgan fingerprint density at radius 3 is 0.714 bits per heavy atom. The molecule has 0 spiro atoms. The van der Waals surface area contributed by atoms with Crippen LogP contribution in [0.5, 0.6) is 0 Å². The molecule has 0 aromatic rings. The maximum Gasteiger partial charge on any atom is -0.0383 e. The molecule has 2 atom stereocenters. The van der Waals surface area contributed by atoms with Crippen LogP contribution < -0.4 is 0 Å². The summed E-state index contributed by atoms with van der Waals surface area (Å²) in [6.45, 7) is 4.62. The predicted octanol–water partition coefficient (Wildman–Crippen LogP) is 13.4. The minimum atomic E-state index is 1.13. The standard InChI is InChI=1S/C35H70/c1-3-5-7-9-11-13-15-16-17-18-19-20-22-24-26-28-30-32-35-33-34(35)31-29-27-25-23-21-14-12-10-8-6-4-2/h34-35H,3-33H2,1-2H3. The molecule has 1 aliphatic rings. The molecular weight excluding hydrogens is 420 g/mol. The Balaban J connectivity index is 1.67. The summed E-state index contributed by atoms with van der Waals surface area (Å²) in [5.41, 5.74) is 0. The molecule has 0 heterocycles. The quantitative estimate of drug-likeness (QED) is 0.0878. The van der Waals surface area contributed by atoms with Gasteiger partial charge in [-0.3, -0.25) is 0 Å². The molecule has 0 aromatic heterocycles. The Morgan fingerprint density at radius 2 is 0.486 bits per heavy atom. The molecule has 0 aliphatic heterocycles. The van der Waals surface area contributed by atoms with Crippen LogP contribution in [0.25, 0.3) is 0 Å². The smallest absolute Gasteiger partial charge is 0.0383 e. The second-order valence-electron chi connectivity index (χ2n) is 12.5. The van der Waals surface area contributed by atoms with Gasteiger partial charge in [0.15, 0.2) is 0 Å². The number of hydrogen-bond donors (Lipinski definition) is 0. The molecule has 0 amide bonds. The van der Waals surface area contributed by atoms with E-state index in [2.05, 4.69) is 13.8 Å². The molecule has 1 fully saturated rings. The van der Waals surface area contributed by atoms with Crippen LogP contribution in [0.4, 0.5) is 0 Å². The molecule has 0 radical (unpaired) electrons. The lowest BCUT2D eigenvalue weighted by Gasteiger charge is -2.04. The Hall–Kier alpha value is 0. The summed E-state index contributed by atoms with van der Waals surface area (Å²) < 4.78 is 0. The van der Waals surface area contributed by atoms with E-state index in [9.17, 15) is 0 Å². The van der Waals surface area contributed by atoms with Crippen LogP contribution in [-0.2, 0) is 0 Å². The Bertz CT molecular complexity index is 385. The average molecular weight is 491 g/mol. The van der Waals surface area contributed by atoms with E-state index < -0.39 is 0 Å². The summed E-state index contributed by atoms with van der Waals surface area (Å²) in [5.74, 6) is 2.27. The van der Waals surface area contributed by atoms with Crippen LogP contribution in [0.1, 0.15) is 213 Å². The zero-order valence-corrected chi connectivity index (χ0v) is 25.1. The second kappa shape index (κ2) is 27.0. The molecule has 2 unspecified atom stereocenters. The summed E-state index contributed by atoms with van der Waals surface area (Å²) in [7, 11) is 0. The van der Waals surface area contributed by atoms with Crippen LogP contribution in [0.15, 0.2) is 0 Å². The fourth-order valence-corrected chi connectivity index (χ4v) is 6.22. The Kier molecular flexibility index (Phi) is 25.5. The number of rotatable bonds is 30.